The second kappa shape index (κ2) is 9.38. The second-order valence-electron chi connectivity index (χ2n) is 7.06. The van der Waals surface area contributed by atoms with Crippen LogP contribution < -0.4 is 10.1 Å². The number of nitrogens with one attached hydrogen (secondary N) is 1. The number of carbonyl (C=O) groups is 2. The van der Waals surface area contributed by atoms with E-state index < -0.39 is 5.82 Å². The highest BCUT2D eigenvalue weighted by molar-refractivity contribution is 6.00. The fourth-order valence-corrected chi connectivity index (χ4v) is 3.29. The van der Waals surface area contributed by atoms with E-state index in [1.807, 2.05) is 28.8 Å². The van der Waals surface area contributed by atoms with Crippen molar-refractivity contribution in [2.24, 2.45) is 0 Å². The lowest BCUT2D eigenvalue weighted by Crippen LogP contribution is -2.14. The number of ketones is 1. The summed E-state index contributed by atoms with van der Waals surface area (Å²) in [5.41, 5.74) is 2.52. The Kier molecular flexibility index (Phi) is 6.21. The molecule has 0 unspecified atom stereocenters. The zero-order chi connectivity index (χ0) is 22.5. The summed E-state index contributed by atoms with van der Waals surface area (Å²) >= 11 is 0. The Balaban J connectivity index is 1.34. The Bertz CT molecular complexity index is 1270. The lowest BCUT2D eigenvalue weighted by molar-refractivity contribution is -0.116. The molecule has 0 radical (unpaired) electrons. The molecule has 1 amide bonds. The number of pyridine rings is 1. The molecule has 32 heavy (non-hydrogen) atoms. The molecule has 162 valence electrons. The van der Waals surface area contributed by atoms with Crippen molar-refractivity contribution < 1.29 is 18.7 Å². The summed E-state index contributed by atoms with van der Waals surface area (Å²) in [4.78, 5) is 33.3. The highest BCUT2D eigenvalue weighted by Gasteiger charge is 2.13. The molecule has 2 aromatic heterocycles. The quantitative estimate of drug-likeness (QED) is 0.413. The van der Waals surface area contributed by atoms with E-state index in [4.69, 9.17) is 4.74 Å². The Morgan fingerprint density at radius 3 is 2.66 bits per heavy atom. The average Bonchev–Trinajstić information content (AvgIpc) is 3.24. The molecule has 2 heterocycles. The summed E-state index contributed by atoms with van der Waals surface area (Å²) in [6.45, 7) is 2.08. The molecule has 2 aromatic carbocycles. The molecule has 0 aliphatic rings. The molecule has 4 rings (SSSR count). The number of ether oxygens (including phenoxy) is 1. The molecule has 0 aliphatic carbocycles. The lowest BCUT2D eigenvalue weighted by Gasteiger charge is -2.08. The van der Waals surface area contributed by atoms with Crippen molar-refractivity contribution >= 4 is 28.4 Å². The minimum Gasteiger partial charge on any atom is -0.491 e. The van der Waals surface area contributed by atoms with Gasteiger partial charge in [0.05, 0.1) is 29.5 Å². The lowest BCUT2D eigenvalue weighted by atomic mass is 10.1. The van der Waals surface area contributed by atoms with E-state index in [9.17, 15) is 14.0 Å². The van der Waals surface area contributed by atoms with Gasteiger partial charge in [-0.3, -0.25) is 14.2 Å². The first-order valence-corrected chi connectivity index (χ1v) is 10.2. The maximum Gasteiger partial charge on any atom is 0.224 e. The van der Waals surface area contributed by atoms with Gasteiger partial charge >= 0.3 is 0 Å². The number of anilines is 1. The molecule has 0 bridgehead atoms. The normalized spacial score (nSPS) is 10.8. The van der Waals surface area contributed by atoms with Gasteiger partial charge in [-0.1, -0.05) is 12.1 Å². The largest absolute Gasteiger partial charge is 0.491 e. The van der Waals surface area contributed by atoms with E-state index in [0.717, 1.165) is 17.1 Å². The van der Waals surface area contributed by atoms with Crippen LogP contribution in [0.2, 0.25) is 0 Å². The predicted octanol–water partition coefficient (Wildman–Crippen LogP) is 4.56. The van der Waals surface area contributed by atoms with Crippen molar-refractivity contribution in [3.05, 3.63) is 78.5 Å². The SMILES string of the molecule is CCOc1ccc(C(=O)CCC(=O)Nc2ccc(-n3cnc4ccccc43)nc2)cc1F. The number of para-hydroxylation sites is 2. The topological polar surface area (TPSA) is 86.1 Å². The van der Waals surface area contributed by atoms with E-state index in [1.165, 1.54) is 12.1 Å². The first kappa shape index (κ1) is 21.2. The number of Topliss-reactive ketones (excluding diaryl/α,β-unsaturated/α-hetero) is 1. The minimum atomic E-state index is -0.598. The standard InChI is InChI=1S/C24H21FN4O3/c1-2-32-22-10-7-16(13-18(22)25)21(30)9-12-24(31)28-17-8-11-23(26-14-17)29-15-27-19-5-3-4-6-20(19)29/h3-8,10-11,13-15H,2,9,12H2,1H3,(H,28,31). The molecule has 7 nitrogen and oxygen atoms in total. The number of rotatable bonds is 8. The summed E-state index contributed by atoms with van der Waals surface area (Å²) < 4.78 is 20.9. The maximum atomic E-state index is 13.9. The number of hydrogen-bond donors (Lipinski definition) is 1. The summed E-state index contributed by atoms with van der Waals surface area (Å²) in [5.74, 6) is -0.472. The van der Waals surface area contributed by atoms with Gasteiger partial charge in [0.2, 0.25) is 5.91 Å². The Labute approximate surface area is 183 Å². The molecule has 0 aliphatic heterocycles. The summed E-state index contributed by atoms with van der Waals surface area (Å²) in [6, 6.07) is 15.3. The fourth-order valence-electron chi connectivity index (χ4n) is 3.29. The molecule has 8 heteroatoms. The van der Waals surface area contributed by atoms with Crippen LogP contribution >= 0.6 is 0 Å². The molecule has 0 saturated carbocycles. The maximum absolute atomic E-state index is 13.9. The smallest absolute Gasteiger partial charge is 0.224 e. The van der Waals surface area contributed by atoms with Crippen LogP contribution in [0.3, 0.4) is 0 Å². The zero-order valence-corrected chi connectivity index (χ0v) is 17.4. The Morgan fingerprint density at radius 1 is 1.06 bits per heavy atom. The minimum absolute atomic E-state index is 0.0262. The third-order valence-electron chi connectivity index (χ3n) is 4.86. The van der Waals surface area contributed by atoms with Gasteiger partial charge in [-0.15, -0.1) is 0 Å². The molecule has 4 aromatic rings. The zero-order valence-electron chi connectivity index (χ0n) is 17.4. The van der Waals surface area contributed by atoms with Crippen LogP contribution in [0, 0.1) is 5.82 Å². The average molecular weight is 432 g/mol. The Morgan fingerprint density at radius 2 is 1.91 bits per heavy atom. The number of fused-ring (bicyclic) bond motifs is 1. The molecule has 0 fully saturated rings. The molecule has 0 spiro atoms. The highest BCUT2D eigenvalue weighted by Crippen LogP contribution is 2.20. The van der Waals surface area contributed by atoms with E-state index in [2.05, 4.69) is 15.3 Å². The molecular formula is C24H21FN4O3. The van der Waals surface area contributed by atoms with Gasteiger partial charge in [0.15, 0.2) is 17.3 Å². The van der Waals surface area contributed by atoms with Gasteiger partial charge in [-0.05, 0) is 49.4 Å². The predicted molar refractivity (Wildman–Crippen MR) is 119 cm³/mol. The number of carbonyl (C=O) groups excluding carboxylic acids is 2. The van der Waals surface area contributed by atoms with Gasteiger partial charge in [0.25, 0.3) is 0 Å². The van der Waals surface area contributed by atoms with E-state index in [1.54, 1.807) is 31.6 Å². The fraction of sp³-hybridized carbons (Fsp3) is 0.167. The van der Waals surface area contributed by atoms with Crippen LogP contribution in [-0.4, -0.2) is 32.8 Å². The highest BCUT2D eigenvalue weighted by atomic mass is 19.1. The molecule has 1 N–H and O–H groups in total. The summed E-state index contributed by atoms with van der Waals surface area (Å²) in [7, 11) is 0. The molecular weight excluding hydrogens is 411 g/mol. The van der Waals surface area contributed by atoms with Gasteiger partial charge in [-0.2, -0.15) is 0 Å². The van der Waals surface area contributed by atoms with Crippen LogP contribution in [-0.2, 0) is 4.79 Å². The van der Waals surface area contributed by atoms with E-state index in [0.29, 0.717) is 18.1 Å². The van der Waals surface area contributed by atoms with Gasteiger partial charge in [0.1, 0.15) is 12.1 Å². The van der Waals surface area contributed by atoms with Crippen LogP contribution in [0.1, 0.15) is 30.1 Å². The molecule has 0 saturated heterocycles. The number of halogens is 1. The van der Waals surface area contributed by atoms with Crippen LogP contribution in [0.5, 0.6) is 5.75 Å². The van der Waals surface area contributed by atoms with Crippen molar-refractivity contribution in [3.8, 4) is 11.6 Å². The number of hydrogen-bond acceptors (Lipinski definition) is 5. The Hall–Kier alpha value is -4.07. The first-order chi connectivity index (χ1) is 15.5. The van der Waals surface area contributed by atoms with Crippen molar-refractivity contribution in [1.82, 2.24) is 14.5 Å². The summed E-state index contributed by atoms with van der Waals surface area (Å²) in [6.07, 6.45) is 3.18. The number of amides is 1. The van der Waals surface area contributed by atoms with Crippen molar-refractivity contribution in [2.45, 2.75) is 19.8 Å². The van der Waals surface area contributed by atoms with Gasteiger partial charge in [-0.25, -0.2) is 14.4 Å². The molecule has 0 atom stereocenters. The third kappa shape index (κ3) is 4.64. The van der Waals surface area contributed by atoms with Crippen molar-refractivity contribution in [1.29, 1.82) is 0 Å². The number of aromatic nitrogens is 3. The number of benzene rings is 2. The summed E-state index contributed by atoms with van der Waals surface area (Å²) in [5, 5.41) is 2.72. The van der Waals surface area contributed by atoms with Gasteiger partial charge < -0.3 is 10.1 Å². The van der Waals surface area contributed by atoms with Gasteiger partial charge in [0, 0.05) is 18.4 Å². The van der Waals surface area contributed by atoms with E-state index in [-0.39, 0.29) is 35.8 Å². The third-order valence-corrected chi connectivity index (χ3v) is 4.86. The van der Waals surface area contributed by atoms with Crippen molar-refractivity contribution in [2.75, 3.05) is 11.9 Å². The number of nitrogens with zero attached hydrogens (tertiary/aromatic N) is 3. The van der Waals surface area contributed by atoms with Crippen LogP contribution in [0.4, 0.5) is 10.1 Å². The van der Waals surface area contributed by atoms with E-state index >= 15 is 0 Å². The number of imidazole rings is 1. The second-order valence-corrected chi connectivity index (χ2v) is 7.06. The monoisotopic (exact) mass is 432 g/mol. The van der Waals surface area contributed by atoms with Crippen LogP contribution in [0.25, 0.3) is 16.9 Å². The van der Waals surface area contributed by atoms with Crippen molar-refractivity contribution in [3.63, 3.8) is 0 Å². The van der Waals surface area contributed by atoms with Crippen LogP contribution in [0.15, 0.2) is 67.1 Å². The first-order valence-electron chi connectivity index (χ1n) is 10.2.